The molecule has 0 radical (unpaired) electrons. The molecular formula is C12H12FN5O2. The Labute approximate surface area is 113 Å². The lowest BCUT2D eigenvalue weighted by Crippen LogP contribution is -2.17. The fraction of sp³-hybridized carbons (Fsp3) is 0.0833. The molecule has 0 unspecified atom stereocenters. The molecule has 0 aliphatic carbocycles. The van der Waals surface area contributed by atoms with Crippen LogP contribution >= 0.6 is 0 Å². The molecule has 8 heteroatoms. The Morgan fingerprint density at radius 2 is 2.25 bits per heavy atom. The number of aromatic nitrogens is 2. The second kappa shape index (κ2) is 5.39. The van der Waals surface area contributed by atoms with E-state index in [9.17, 15) is 9.18 Å². The molecule has 20 heavy (non-hydrogen) atoms. The van der Waals surface area contributed by atoms with E-state index in [4.69, 9.17) is 10.9 Å². The lowest BCUT2D eigenvalue weighted by molar-refractivity contribution is 0.102. The zero-order valence-corrected chi connectivity index (χ0v) is 10.5. The van der Waals surface area contributed by atoms with Gasteiger partial charge in [-0.1, -0.05) is 5.16 Å². The van der Waals surface area contributed by atoms with Crippen LogP contribution in [0.1, 0.15) is 16.1 Å². The first-order chi connectivity index (χ1) is 9.51. The van der Waals surface area contributed by atoms with Crippen LogP contribution < -0.4 is 11.1 Å². The van der Waals surface area contributed by atoms with E-state index in [0.29, 0.717) is 5.69 Å². The number of nitrogens with one attached hydrogen (secondary N) is 1. The molecule has 0 bridgehead atoms. The van der Waals surface area contributed by atoms with Gasteiger partial charge in [0.2, 0.25) is 0 Å². The minimum Gasteiger partial charge on any atom is -0.409 e. The van der Waals surface area contributed by atoms with Gasteiger partial charge < -0.3 is 16.3 Å². The number of rotatable bonds is 3. The number of aryl methyl sites for hydroxylation is 1. The van der Waals surface area contributed by atoms with Gasteiger partial charge in [-0.2, -0.15) is 5.10 Å². The van der Waals surface area contributed by atoms with Crippen LogP contribution in [0.4, 0.5) is 10.1 Å². The standard InChI is InChI=1S/C12H12FN5O2/c1-18-5-4-10(16-18)12(19)15-7-2-3-9(13)8(6-7)11(14)17-20/h2-6,20H,1H3,(H2,14,17)(H,15,19). The van der Waals surface area contributed by atoms with Crippen molar-refractivity contribution >= 4 is 17.4 Å². The Hall–Kier alpha value is -2.90. The SMILES string of the molecule is Cn1ccc(C(=O)Nc2ccc(F)c(/C(N)=N/O)c2)n1. The number of amides is 1. The largest absolute Gasteiger partial charge is 0.409 e. The zero-order chi connectivity index (χ0) is 14.7. The summed E-state index contributed by atoms with van der Waals surface area (Å²) in [7, 11) is 1.69. The van der Waals surface area contributed by atoms with Crippen molar-refractivity contribution < 1.29 is 14.4 Å². The van der Waals surface area contributed by atoms with Crippen LogP contribution in [0.2, 0.25) is 0 Å². The maximum Gasteiger partial charge on any atom is 0.276 e. The van der Waals surface area contributed by atoms with Gasteiger partial charge in [-0.25, -0.2) is 4.39 Å². The Bertz CT molecular complexity index is 680. The Morgan fingerprint density at radius 3 is 2.85 bits per heavy atom. The van der Waals surface area contributed by atoms with Gasteiger partial charge >= 0.3 is 0 Å². The predicted molar refractivity (Wildman–Crippen MR) is 70.1 cm³/mol. The van der Waals surface area contributed by atoms with Crippen LogP contribution in [0.15, 0.2) is 35.6 Å². The zero-order valence-electron chi connectivity index (χ0n) is 10.5. The third-order valence-electron chi connectivity index (χ3n) is 2.55. The van der Waals surface area contributed by atoms with Gasteiger partial charge in [-0.05, 0) is 24.3 Å². The molecule has 2 rings (SSSR count). The van der Waals surface area contributed by atoms with Crippen molar-refractivity contribution in [3.8, 4) is 0 Å². The fourth-order valence-electron chi connectivity index (χ4n) is 1.58. The molecule has 4 N–H and O–H groups in total. The molecule has 0 aliphatic heterocycles. The minimum absolute atomic E-state index is 0.105. The topological polar surface area (TPSA) is 106 Å². The van der Waals surface area contributed by atoms with E-state index >= 15 is 0 Å². The van der Waals surface area contributed by atoms with E-state index in [-0.39, 0.29) is 17.1 Å². The van der Waals surface area contributed by atoms with Crippen LogP contribution in [0.3, 0.4) is 0 Å². The lowest BCUT2D eigenvalue weighted by atomic mass is 10.1. The van der Waals surface area contributed by atoms with Crippen molar-refractivity contribution in [1.82, 2.24) is 9.78 Å². The molecule has 0 spiro atoms. The molecule has 0 aliphatic rings. The lowest BCUT2D eigenvalue weighted by Gasteiger charge is -2.06. The van der Waals surface area contributed by atoms with E-state index < -0.39 is 11.7 Å². The average molecular weight is 277 g/mol. The minimum atomic E-state index is -0.656. The van der Waals surface area contributed by atoms with E-state index in [1.807, 2.05) is 0 Å². The summed E-state index contributed by atoms with van der Waals surface area (Å²) in [5.74, 6) is -1.48. The van der Waals surface area contributed by atoms with Crippen LogP contribution in [0, 0.1) is 5.82 Å². The van der Waals surface area contributed by atoms with Gasteiger partial charge in [0.15, 0.2) is 11.5 Å². The number of hydrogen-bond acceptors (Lipinski definition) is 4. The van der Waals surface area contributed by atoms with Crippen molar-refractivity contribution in [2.75, 3.05) is 5.32 Å². The number of nitrogens with zero attached hydrogens (tertiary/aromatic N) is 3. The Kier molecular flexibility index (Phi) is 3.65. The normalized spacial score (nSPS) is 11.4. The number of halogens is 1. The monoisotopic (exact) mass is 277 g/mol. The first-order valence-corrected chi connectivity index (χ1v) is 5.59. The number of oxime groups is 1. The molecule has 104 valence electrons. The van der Waals surface area contributed by atoms with Crippen molar-refractivity contribution in [1.29, 1.82) is 0 Å². The summed E-state index contributed by atoms with van der Waals surface area (Å²) in [6.45, 7) is 0. The molecular weight excluding hydrogens is 265 g/mol. The highest BCUT2D eigenvalue weighted by Gasteiger charge is 2.12. The first kappa shape index (κ1) is 13.5. The summed E-state index contributed by atoms with van der Waals surface area (Å²) < 4.78 is 15.0. The molecule has 2 aromatic rings. The summed E-state index contributed by atoms with van der Waals surface area (Å²) in [4.78, 5) is 11.9. The van der Waals surface area contributed by atoms with Gasteiger partial charge in [-0.3, -0.25) is 9.48 Å². The van der Waals surface area contributed by atoms with Crippen LogP contribution in [-0.2, 0) is 7.05 Å². The summed E-state index contributed by atoms with van der Waals surface area (Å²) in [6, 6.07) is 5.29. The second-order valence-electron chi connectivity index (χ2n) is 4.01. The average Bonchev–Trinajstić information content (AvgIpc) is 2.87. The van der Waals surface area contributed by atoms with Gasteiger partial charge in [0.25, 0.3) is 5.91 Å². The molecule has 7 nitrogen and oxygen atoms in total. The van der Waals surface area contributed by atoms with Gasteiger partial charge in [-0.15, -0.1) is 0 Å². The molecule has 1 aromatic carbocycles. The van der Waals surface area contributed by atoms with E-state index in [0.717, 1.165) is 6.07 Å². The van der Waals surface area contributed by atoms with Crippen LogP contribution in [0.25, 0.3) is 0 Å². The van der Waals surface area contributed by atoms with Gasteiger partial charge in [0, 0.05) is 18.9 Å². The highest BCUT2D eigenvalue weighted by molar-refractivity contribution is 6.04. The maximum atomic E-state index is 13.5. The quantitative estimate of drug-likeness (QED) is 0.335. The number of carbonyl (C=O) groups is 1. The van der Waals surface area contributed by atoms with E-state index in [2.05, 4.69) is 15.6 Å². The molecule has 0 fully saturated rings. The van der Waals surface area contributed by atoms with Crippen molar-refractivity contribution in [3.63, 3.8) is 0 Å². The molecule has 0 saturated heterocycles. The predicted octanol–water partition coefficient (Wildman–Crippen LogP) is 0.906. The van der Waals surface area contributed by atoms with Crippen LogP contribution in [-0.4, -0.2) is 26.7 Å². The Morgan fingerprint density at radius 1 is 1.50 bits per heavy atom. The first-order valence-electron chi connectivity index (χ1n) is 5.59. The summed E-state index contributed by atoms with van der Waals surface area (Å²) >= 11 is 0. The van der Waals surface area contributed by atoms with Crippen molar-refractivity contribution in [2.24, 2.45) is 17.9 Å². The van der Waals surface area contributed by atoms with Crippen molar-refractivity contribution in [3.05, 3.63) is 47.5 Å². The molecule has 0 atom stereocenters. The number of benzene rings is 1. The smallest absolute Gasteiger partial charge is 0.276 e. The number of nitrogens with two attached hydrogens (primary N) is 1. The molecule has 1 amide bonds. The molecule has 1 aromatic heterocycles. The number of carbonyl (C=O) groups excluding carboxylic acids is 1. The molecule has 0 saturated carbocycles. The van der Waals surface area contributed by atoms with Crippen molar-refractivity contribution in [2.45, 2.75) is 0 Å². The van der Waals surface area contributed by atoms with E-state index in [1.54, 1.807) is 19.3 Å². The highest BCUT2D eigenvalue weighted by atomic mass is 19.1. The highest BCUT2D eigenvalue weighted by Crippen LogP contribution is 2.15. The van der Waals surface area contributed by atoms with Gasteiger partial charge in [0.1, 0.15) is 5.82 Å². The summed E-state index contributed by atoms with van der Waals surface area (Å²) in [5.41, 5.74) is 5.77. The van der Waals surface area contributed by atoms with Crippen LogP contribution in [0.5, 0.6) is 0 Å². The third kappa shape index (κ3) is 2.74. The number of amidine groups is 1. The van der Waals surface area contributed by atoms with E-state index in [1.165, 1.54) is 16.8 Å². The summed E-state index contributed by atoms with van der Waals surface area (Å²) in [5, 5.41) is 17.8. The fourth-order valence-corrected chi connectivity index (χ4v) is 1.58. The second-order valence-corrected chi connectivity index (χ2v) is 4.01. The Balaban J connectivity index is 2.24. The number of anilines is 1. The number of hydrogen-bond donors (Lipinski definition) is 3. The third-order valence-corrected chi connectivity index (χ3v) is 2.55. The molecule has 1 heterocycles. The maximum absolute atomic E-state index is 13.5. The summed E-state index contributed by atoms with van der Waals surface area (Å²) in [6.07, 6.45) is 1.63. The van der Waals surface area contributed by atoms with Gasteiger partial charge in [0.05, 0.1) is 5.56 Å².